The molecule has 0 spiro atoms. The zero-order chi connectivity index (χ0) is 16.5. The minimum Gasteiger partial charge on any atom is -0.454 e. The van der Waals surface area contributed by atoms with Crippen LogP contribution in [0.4, 0.5) is 0 Å². The third kappa shape index (κ3) is 3.41. The fraction of sp³-hybridized carbons (Fsp3) is 0.500. The van der Waals surface area contributed by atoms with Gasteiger partial charge in [0.2, 0.25) is 6.79 Å². The molecular weight excluding hydrogens is 322 g/mol. The smallest absolute Gasteiger partial charge is 0.231 e. The van der Waals surface area contributed by atoms with Crippen molar-refractivity contribution in [2.75, 3.05) is 20.4 Å². The van der Waals surface area contributed by atoms with Gasteiger partial charge in [0.25, 0.3) is 0 Å². The summed E-state index contributed by atoms with van der Waals surface area (Å²) in [6, 6.07) is 7.36. The number of nitrogens with one attached hydrogen (secondary N) is 1. The Morgan fingerprint density at radius 1 is 1.33 bits per heavy atom. The molecule has 1 N–H and O–H groups in total. The molecule has 2 aromatic rings. The summed E-state index contributed by atoms with van der Waals surface area (Å²) >= 11 is 1.67. The van der Waals surface area contributed by atoms with Crippen molar-refractivity contribution in [3.63, 3.8) is 0 Å². The predicted molar refractivity (Wildman–Crippen MR) is 95.6 cm³/mol. The second-order valence-electron chi connectivity index (χ2n) is 6.59. The molecule has 1 unspecified atom stereocenters. The van der Waals surface area contributed by atoms with E-state index in [0.717, 1.165) is 46.9 Å². The van der Waals surface area contributed by atoms with Gasteiger partial charge in [-0.1, -0.05) is 0 Å². The molecule has 5 nitrogen and oxygen atoms in total. The van der Waals surface area contributed by atoms with E-state index in [-0.39, 0.29) is 0 Å². The number of nitrogens with zero attached hydrogens (tertiary/aromatic N) is 2. The first-order valence-electron chi connectivity index (χ1n) is 8.48. The molecule has 24 heavy (non-hydrogen) atoms. The largest absolute Gasteiger partial charge is 0.454 e. The van der Waals surface area contributed by atoms with Crippen molar-refractivity contribution in [2.45, 2.75) is 38.4 Å². The number of fused-ring (bicyclic) bond motifs is 1. The van der Waals surface area contributed by atoms with Crippen LogP contribution in [0.25, 0.3) is 10.6 Å². The molecule has 0 saturated heterocycles. The predicted octanol–water partition coefficient (Wildman–Crippen LogP) is 3.11. The average Bonchev–Trinajstić information content (AvgIpc) is 3.15. The minimum atomic E-state index is 0.305. The highest BCUT2D eigenvalue weighted by molar-refractivity contribution is 7.13. The SMILES string of the molecule is CC(CNCc1csc(-c2ccc3c(c2)OCO3)n1)N(C)C1CC1. The van der Waals surface area contributed by atoms with E-state index in [0.29, 0.717) is 12.8 Å². The number of hydrogen-bond donors (Lipinski definition) is 1. The van der Waals surface area contributed by atoms with Gasteiger partial charge in [-0.3, -0.25) is 4.90 Å². The Bertz CT molecular complexity index is 714. The van der Waals surface area contributed by atoms with Crippen molar-refractivity contribution in [3.05, 3.63) is 29.3 Å². The van der Waals surface area contributed by atoms with Gasteiger partial charge in [-0.15, -0.1) is 11.3 Å². The quantitative estimate of drug-likeness (QED) is 0.835. The zero-order valence-electron chi connectivity index (χ0n) is 14.1. The van der Waals surface area contributed by atoms with Crippen molar-refractivity contribution in [1.29, 1.82) is 0 Å². The summed E-state index contributed by atoms with van der Waals surface area (Å²) in [5, 5.41) is 6.68. The lowest BCUT2D eigenvalue weighted by Crippen LogP contribution is -2.38. The van der Waals surface area contributed by atoms with Crippen LogP contribution in [0.2, 0.25) is 0 Å². The van der Waals surface area contributed by atoms with Gasteiger partial charge in [0.1, 0.15) is 5.01 Å². The molecule has 1 atom stereocenters. The van der Waals surface area contributed by atoms with E-state index in [1.54, 1.807) is 11.3 Å². The van der Waals surface area contributed by atoms with Gasteiger partial charge < -0.3 is 14.8 Å². The van der Waals surface area contributed by atoms with Crippen LogP contribution < -0.4 is 14.8 Å². The summed E-state index contributed by atoms with van der Waals surface area (Å²) in [5.74, 6) is 1.62. The molecule has 1 aromatic carbocycles. The molecule has 2 heterocycles. The molecule has 1 fully saturated rings. The van der Waals surface area contributed by atoms with Gasteiger partial charge in [0, 0.05) is 36.1 Å². The van der Waals surface area contributed by atoms with Gasteiger partial charge in [0.05, 0.1) is 5.69 Å². The molecule has 6 heteroatoms. The fourth-order valence-corrected chi connectivity index (χ4v) is 3.76. The Morgan fingerprint density at radius 3 is 3.00 bits per heavy atom. The summed E-state index contributed by atoms with van der Waals surface area (Å²) in [6.07, 6.45) is 2.71. The first-order chi connectivity index (χ1) is 11.7. The van der Waals surface area contributed by atoms with Crippen LogP contribution in [0.3, 0.4) is 0 Å². The maximum atomic E-state index is 5.44. The van der Waals surface area contributed by atoms with Gasteiger partial charge in [-0.25, -0.2) is 4.98 Å². The van der Waals surface area contributed by atoms with Crippen molar-refractivity contribution in [2.24, 2.45) is 0 Å². The van der Waals surface area contributed by atoms with E-state index in [4.69, 9.17) is 14.5 Å². The van der Waals surface area contributed by atoms with E-state index in [2.05, 4.69) is 29.6 Å². The van der Waals surface area contributed by atoms with Crippen molar-refractivity contribution >= 4 is 11.3 Å². The number of likely N-dealkylation sites (N-methyl/N-ethyl adjacent to an activating group) is 1. The molecule has 0 bridgehead atoms. The van der Waals surface area contributed by atoms with E-state index in [1.807, 2.05) is 18.2 Å². The Hall–Kier alpha value is -1.63. The van der Waals surface area contributed by atoms with Crippen molar-refractivity contribution < 1.29 is 9.47 Å². The molecule has 1 aliphatic carbocycles. The molecule has 0 amide bonds. The number of ether oxygens (including phenoxy) is 2. The van der Waals surface area contributed by atoms with E-state index in [9.17, 15) is 0 Å². The number of aromatic nitrogens is 1. The molecule has 1 aromatic heterocycles. The lowest BCUT2D eigenvalue weighted by molar-refractivity contribution is 0.174. The highest BCUT2D eigenvalue weighted by Crippen LogP contribution is 2.36. The number of thiazole rings is 1. The molecule has 2 aliphatic rings. The van der Waals surface area contributed by atoms with Crippen LogP contribution in [-0.4, -0.2) is 42.4 Å². The topological polar surface area (TPSA) is 46.6 Å². The van der Waals surface area contributed by atoms with E-state index < -0.39 is 0 Å². The zero-order valence-corrected chi connectivity index (χ0v) is 14.9. The van der Waals surface area contributed by atoms with Crippen LogP contribution in [0, 0.1) is 0 Å². The van der Waals surface area contributed by atoms with Gasteiger partial charge in [-0.2, -0.15) is 0 Å². The number of rotatable bonds is 7. The lowest BCUT2D eigenvalue weighted by Gasteiger charge is -2.24. The van der Waals surface area contributed by atoms with Gasteiger partial charge >= 0.3 is 0 Å². The molecular formula is C18H23N3O2S. The number of hydrogen-bond acceptors (Lipinski definition) is 6. The lowest BCUT2D eigenvalue weighted by atomic mass is 10.2. The third-order valence-corrected chi connectivity index (χ3v) is 5.68. The summed E-state index contributed by atoms with van der Waals surface area (Å²) in [6.45, 7) is 4.39. The Kier molecular flexibility index (Phi) is 4.43. The molecule has 4 rings (SSSR count). The summed E-state index contributed by atoms with van der Waals surface area (Å²) in [5.41, 5.74) is 2.17. The summed E-state index contributed by atoms with van der Waals surface area (Å²) < 4.78 is 10.8. The van der Waals surface area contributed by atoms with Gasteiger partial charge in [0.15, 0.2) is 11.5 Å². The highest BCUT2D eigenvalue weighted by Gasteiger charge is 2.28. The van der Waals surface area contributed by atoms with E-state index in [1.165, 1.54) is 12.8 Å². The first kappa shape index (κ1) is 15.9. The molecule has 1 aliphatic heterocycles. The normalized spacial score (nSPS) is 17.5. The average molecular weight is 345 g/mol. The standard InChI is InChI=1S/C18H23N3O2S/c1-12(21(2)15-4-5-15)8-19-9-14-10-24-18(20-14)13-3-6-16-17(7-13)23-11-22-16/h3,6-7,10,12,15,19H,4-5,8-9,11H2,1-2H3. The number of benzene rings is 1. The minimum absolute atomic E-state index is 0.305. The van der Waals surface area contributed by atoms with Crippen LogP contribution >= 0.6 is 11.3 Å². The Morgan fingerprint density at radius 2 is 2.17 bits per heavy atom. The molecule has 0 radical (unpaired) electrons. The maximum Gasteiger partial charge on any atom is 0.231 e. The highest BCUT2D eigenvalue weighted by atomic mass is 32.1. The van der Waals surface area contributed by atoms with E-state index >= 15 is 0 Å². The van der Waals surface area contributed by atoms with Crippen LogP contribution in [0.1, 0.15) is 25.5 Å². The summed E-state index contributed by atoms with van der Waals surface area (Å²) in [4.78, 5) is 7.22. The van der Waals surface area contributed by atoms with Crippen LogP contribution in [0.15, 0.2) is 23.6 Å². The van der Waals surface area contributed by atoms with Crippen LogP contribution in [-0.2, 0) is 6.54 Å². The first-order valence-corrected chi connectivity index (χ1v) is 9.36. The molecule has 128 valence electrons. The van der Waals surface area contributed by atoms with Gasteiger partial charge in [-0.05, 0) is 45.0 Å². The van der Waals surface area contributed by atoms with Crippen molar-refractivity contribution in [3.8, 4) is 22.1 Å². The second kappa shape index (κ2) is 6.70. The molecule has 1 saturated carbocycles. The third-order valence-electron chi connectivity index (χ3n) is 4.74. The maximum absolute atomic E-state index is 5.44. The Labute approximate surface area is 146 Å². The second-order valence-corrected chi connectivity index (χ2v) is 7.45. The fourth-order valence-electron chi connectivity index (χ4n) is 2.95. The monoisotopic (exact) mass is 345 g/mol. The Balaban J connectivity index is 1.33. The summed E-state index contributed by atoms with van der Waals surface area (Å²) in [7, 11) is 2.23. The van der Waals surface area contributed by atoms with Crippen LogP contribution in [0.5, 0.6) is 11.5 Å². The van der Waals surface area contributed by atoms with Crippen molar-refractivity contribution in [1.82, 2.24) is 15.2 Å².